The molecular formula is C7H11N2O4P-2. The summed E-state index contributed by atoms with van der Waals surface area (Å²) >= 11 is 0. The van der Waals surface area contributed by atoms with Gasteiger partial charge in [0.2, 0.25) is 11.8 Å². The van der Waals surface area contributed by atoms with E-state index in [1.165, 1.54) is 0 Å². The van der Waals surface area contributed by atoms with Crippen molar-refractivity contribution in [2.24, 2.45) is 0 Å². The van der Waals surface area contributed by atoms with Crippen molar-refractivity contribution in [1.82, 2.24) is 10.2 Å². The zero-order valence-electron chi connectivity index (χ0n) is 8.18. The summed E-state index contributed by atoms with van der Waals surface area (Å²) in [4.78, 5) is 20.8. The molecule has 0 atom stereocenters. The lowest BCUT2D eigenvalue weighted by Crippen LogP contribution is -2.15. The van der Waals surface area contributed by atoms with Gasteiger partial charge in [-0.3, -0.25) is 0 Å². The zero-order valence-corrected chi connectivity index (χ0v) is 9.08. The number of hydrogen-bond donors (Lipinski definition) is 0. The molecule has 14 heavy (non-hydrogen) atoms. The standard InChI is InChI=1S/C7H13N2O4P/c1-7(2,3)6-9-8-5(13-6)4-14(10,11)12/h4H2,1-3H3,(H2,10,11,12)/p-2. The van der Waals surface area contributed by atoms with Crippen molar-refractivity contribution >= 4 is 7.60 Å². The van der Waals surface area contributed by atoms with E-state index >= 15 is 0 Å². The minimum atomic E-state index is -4.62. The topological polar surface area (TPSA) is 102 Å². The first-order valence-electron chi connectivity index (χ1n) is 4.02. The van der Waals surface area contributed by atoms with E-state index in [-0.39, 0.29) is 11.3 Å². The molecule has 0 spiro atoms. The Kier molecular flexibility index (Phi) is 2.81. The normalized spacial score (nSPS) is 13.2. The third-order valence-corrected chi connectivity index (χ3v) is 2.10. The van der Waals surface area contributed by atoms with Crippen LogP contribution in [0.2, 0.25) is 0 Å². The van der Waals surface area contributed by atoms with Crippen LogP contribution in [0.15, 0.2) is 4.42 Å². The van der Waals surface area contributed by atoms with Gasteiger partial charge in [0.05, 0.1) is 6.16 Å². The van der Waals surface area contributed by atoms with Gasteiger partial charge in [0, 0.05) is 5.41 Å². The Morgan fingerprint density at radius 3 is 2.29 bits per heavy atom. The Bertz CT molecular complexity index is 362. The molecule has 0 saturated carbocycles. The molecule has 6 nitrogen and oxygen atoms in total. The SMILES string of the molecule is CC(C)(C)c1nnc(CP(=O)([O-])[O-])o1. The highest BCUT2D eigenvalue weighted by Gasteiger charge is 2.21. The Morgan fingerprint density at radius 1 is 1.36 bits per heavy atom. The summed E-state index contributed by atoms with van der Waals surface area (Å²) in [5, 5.41) is 7.14. The van der Waals surface area contributed by atoms with Gasteiger partial charge in [-0.1, -0.05) is 28.4 Å². The molecule has 7 heteroatoms. The molecule has 0 unspecified atom stereocenters. The maximum Gasteiger partial charge on any atom is 0.221 e. The number of hydrogen-bond acceptors (Lipinski definition) is 6. The molecule has 1 heterocycles. The van der Waals surface area contributed by atoms with Gasteiger partial charge in [0.15, 0.2) is 0 Å². The molecule has 0 saturated heterocycles. The van der Waals surface area contributed by atoms with Crippen molar-refractivity contribution in [3.05, 3.63) is 11.8 Å². The molecule has 1 rings (SSSR count). The quantitative estimate of drug-likeness (QED) is 0.636. The van der Waals surface area contributed by atoms with Gasteiger partial charge >= 0.3 is 0 Å². The Morgan fingerprint density at radius 2 is 1.93 bits per heavy atom. The molecule has 0 N–H and O–H groups in total. The van der Waals surface area contributed by atoms with Crippen LogP contribution in [0.5, 0.6) is 0 Å². The second-order valence-corrected chi connectivity index (χ2v) is 5.56. The molecule has 0 fully saturated rings. The second kappa shape index (κ2) is 3.46. The van der Waals surface area contributed by atoms with Gasteiger partial charge in [-0.2, -0.15) is 0 Å². The van der Waals surface area contributed by atoms with Gasteiger partial charge in [-0.25, -0.2) is 0 Å². The lowest BCUT2D eigenvalue weighted by Gasteiger charge is -2.27. The van der Waals surface area contributed by atoms with E-state index in [1.54, 1.807) is 0 Å². The van der Waals surface area contributed by atoms with Gasteiger partial charge < -0.3 is 18.8 Å². The minimum Gasteiger partial charge on any atom is -0.810 e. The van der Waals surface area contributed by atoms with E-state index in [4.69, 9.17) is 4.42 Å². The summed E-state index contributed by atoms with van der Waals surface area (Å²) in [6.07, 6.45) is -0.726. The fourth-order valence-electron chi connectivity index (χ4n) is 0.786. The first-order valence-corrected chi connectivity index (χ1v) is 5.75. The maximum absolute atomic E-state index is 10.4. The molecule has 0 aliphatic heterocycles. The predicted octanol–water partition coefficient (Wildman–Crippen LogP) is -0.219. The Hall–Kier alpha value is -0.710. The molecule has 0 aliphatic rings. The highest BCUT2D eigenvalue weighted by molar-refractivity contribution is 7.47. The molecule has 0 bridgehead atoms. The maximum atomic E-state index is 10.4. The van der Waals surface area contributed by atoms with E-state index in [1.807, 2.05) is 20.8 Å². The van der Waals surface area contributed by atoms with Crippen molar-refractivity contribution in [2.45, 2.75) is 32.3 Å². The summed E-state index contributed by atoms with van der Waals surface area (Å²) in [5.74, 6) is 0.171. The molecule has 0 amide bonds. The number of nitrogens with zero attached hydrogens (tertiary/aromatic N) is 2. The third kappa shape index (κ3) is 3.21. The summed E-state index contributed by atoms with van der Waals surface area (Å²) in [6, 6.07) is 0. The van der Waals surface area contributed by atoms with E-state index in [0.29, 0.717) is 5.89 Å². The van der Waals surface area contributed by atoms with E-state index in [0.717, 1.165) is 0 Å². The lowest BCUT2D eigenvalue weighted by atomic mass is 9.97. The van der Waals surface area contributed by atoms with Crippen molar-refractivity contribution in [3.63, 3.8) is 0 Å². The highest BCUT2D eigenvalue weighted by Crippen LogP contribution is 2.30. The van der Waals surface area contributed by atoms with Crippen LogP contribution in [0, 0.1) is 0 Å². The largest absolute Gasteiger partial charge is 0.810 e. The van der Waals surface area contributed by atoms with Crippen LogP contribution in [-0.2, 0) is 16.1 Å². The molecule has 1 aromatic rings. The van der Waals surface area contributed by atoms with Crippen LogP contribution >= 0.6 is 7.60 Å². The van der Waals surface area contributed by atoms with E-state index in [2.05, 4.69) is 10.2 Å². The van der Waals surface area contributed by atoms with Crippen LogP contribution in [0.25, 0.3) is 0 Å². The van der Waals surface area contributed by atoms with Crippen LogP contribution in [0.3, 0.4) is 0 Å². The Labute approximate surface area is 81.5 Å². The van der Waals surface area contributed by atoms with Crippen LogP contribution in [0.4, 0.5) is 0 Å². The van der Waals surface area contributed by atoms with Crippen LogP contribution in [-0.4, -0.2) is 10.2 Å². The van der Waals surface area contributed by atoms with Gasteiger partial charge in [0.25, 0.3) is 0 Å². The molecule has 1 aromatic heterocycles. The number of aromatic nitrogens is 2. The summed E-state index contributed by atoms with van der Waals surface area (Å²) < 4.78 is 15.4. The zero-order chi connectivity index (χ0) is 11.0. The van der Waals surface area contributed by atoms with Crippen molar-refractivity contribution in [3.8, 4) is 0 Å². The number of rotatable bonds is 2. The van der Waals surface area contributed by atoms with Crippen molar-refractivity contribution in [1.29, 1.82) is 0 Å². The Balaban J connectivity index is 2.85. The fourth-order valence-corrected chi connectivity index (χ4v) is 1.25. The minimum absolute atomic E-state index is 0.150. The lowest BCUT2D eigenvalue weighted by molar-refractivity contribution is -0.314. The summed E-state index contributed by atoms with van der Waals surface area (Å²) in [6.45, 7) is 5.54. The van der Waals surface area contributed by atoms with Crippen molar-refractivity contribution in [2.75, 3.05) is 0 Å². The van der Waals surface area contributed by atoms with Crippen LogP contribution < -0.4 is 9.79 Å². The van der Waals surface area contributed by atoms with Crippen molar-refractivity contribution < 1.29 is 18.8 Å². The smallest absolute Gasteiger partial charge is 0.221 e. The van der Waals surface area contributed by atoms with Gasteiger partial charge in [-0.05, 0) is 0 Å². The summed E-state index contributed by atoms with van der Waals surface area (Å²) in [5.41, 5.74) is -0.346. The van der Waals surface area contributed by atoms with Crippen LogP contribution in [0.1, 0.15) is 32.6 Å². The average Bonchev–Trinajstić information content (AvgIpc) is 2.29. The fraction of sp³-hybridized carbons (Fsp3) is 0.714. The van der Waals surface area contributed by atoms with E-state index < -0.39 is 13.8 Å². The summed E-state index contributed by atoms with van der Waals surface area (Å²) in [7, 11) is -4.62. The highest BCUT2D eigenvalue weighted by atomic mass is 31.2. The van der Waals surface area contributed by atoms with Gasteiger partial charge in [-0.15, -0.1) is 10.2 Å². The molecule has 0 aromatic carbocycles. The second-order valence-electron chi connectivity index (χ2n) is 4.02. The first-order chi connectivity index (χ1) is 6.18. The van der Waals surface area contributed by atoms with Gasteiger partial charge in [0.1, 0.15) is 0 Å². The van der Waals surface area contributed by atoms with E-state index in [9.17, 15) is 14.4 Å². The molecular weight excluding hydrogens is 207 g/mol. The molecule has 0 aliphatic carbocycles. The third-order valence-electron chi connectivity index (χ3n) is 1.44. The average molecular weight is 218 g/mol. The molecule has 80 valence electrons. The predicted molar refractivity (Wildman–Crippen MR) is 44.3 cm³/mol. The monoisotopic (exact) mass is 218 g/mol. The molecule has 0 radical (unpaired) electrons. The first kappa shape index (κ1) is 11.4.